The van der Waals surface area contributed by atoms with Crippen molar-refractivity contribution in [3.05, 3.63) is 59.2 Å². The van der Waals surface area contributed by atoms with Gasteiger partial charge in [0.25, 0.3) is 5.91 Å². The van der Waals surface area contributed by atoms with Crippen molar-refractivity contribution in [2.24, 2.45) is 0 Å². The van der Waals surface area contributed by atoms with E-state index < -0.39 is 28.5 Å². The second kappa shape index (κ2) is 11.1. The number of benzene rings is 2. The summed E-state index contributed by atoms with van der Waals surface area (Å²) in [7, 11) is -3.48. The second-order valence-corrected chi connectivity index (χ2v) is 10.1. The van der Waals surface area contributed by atoms with Crippen LogP contribution in [0, 0.1) is 0 Å². The highest BCUT2D eigenvalue weighted by Crippen LogP contribution is 2.32. The molecule has 8 heteroatoms. The molecule has 0 atom stereocenters. The molecule has 0 radical (unpaired) electrons. The quantitative estimate of drug-likeness (QED) is 0.492. The van der Waals surface area contributed by atoms with Crippen molar-refractivity contribution in [1.29, 1.82) is 0 Å². The molecule has 0 aromatic heterocycles. The first-order valence-corrected chi connectivity index (χ1v) is 12.4. The van der Waals surface area contributed by atoms with Crippen LogP contribution in [-0.4, -0.2) is 32.7 Å². The Morgan fingerprint density at radius 2 is 1.56 bits per heavy atom. The van der Waals surface area contributed by atoms with Crippen LogP contribution in [0.3, 0.4) is 0 Å². The third kappa shape index (κ3) is 7.09. The molecule has 0 aliphatic carbocycles. The fraction of sp³-hybridized carbons (Fsp3) is 0.417. The molecule has 2 aromatic carbocycles. The smallest absolute Gasteiger partial charge is 0.338 e. The van der Waals surface area contributed by atoms with E-state index in [1.807, 2.05) is 18.2 Å². The minimum Gasteiger partial charge on any atom is -0.452 e. The van der Waals surface area contributed by atoms with Crippen LogP contribution in [0.25, 0.3) is 0 Å². The Morgan fingerprint density at radius 3 is 2.12 bits per heavy atom. The summed E-state index contributed by atoms with van der Waals surface area (Å²) in [4.78, 5) is 25.0. The average Bonchev–Trinajstić information content (AvgIpc) is 2.71. The maximum atomic E-state index is 12.5. The van der Waals surface area contributed by atoms with Crippen molar-refractivity contribution in [1.82, 2.24) is 0 Å². The van der Waals surface area contributed by atoms with E-state index in [-0.39, 0.29) is 28.8 Å². The highest BCUT2D eigenvalue weighted by Gasteiger charge is 2.18. The van der Waals surface area contributed by atoms with Crippen molar-refractivity contribution >= 4 is 33.3 Å². The zero-order valence-electron chi connectivity index (χ0n) is 19.3. The number of sulfonamides is 1. The monoisotopic (exact) mass is 460 g/mol. The number of amides is 1. The molecular weight excluding hydrogens is 428 g/mol. The Labute approximate surface area is 190 Å². The zero-order chi connectivity index (χ0) is 23.9. The van der Waals surface area contributed by atoms with E-state index in [0.717, 1.165) is 16.8 Å². The van der Waals surface area contributed by atoms with Crippen LogP contribution in [0.15, 0.2) is 42.5 Å². The molecule has 7 nitrogen and oxygen atoms in total. The Morgan fingerprint density at radius 1 is 0.969 bits per heavy atom. The van der Waals surface area contributed by atoms with Crippen LogP contribution < -0.4 is 10.0 Å². The number of rotatable bonds is 10. The molecule has 0 saturated carbocycles. The molecule has 32 heavy (non-hydrogen) atoms. The van der Waals surface area contributed by atoms with Gasteiger partial charge in [-0.05, 0) is 47.6 Å². The molecule has 0 unspecified atom stereocenters. The molecule has 2 aromatic rings. The van der Waals surface area contributed by atoms with Crippen molar-refractivity contribution in [2.75, 3.05) is 22.4 Å². The van der Waals surface area contributed by atoms with Crippen LogP contribution in [0.4, 0.5) is 11.4 Å². The lowest BCUT2D eigenvalue weighted by Gasteiger charge is -2.20. The Balaban J connectivity index is 2.07. The minimum absolute atomic E-state index is 0.0158. The standard InChI is InChI=1S/C24H32N2O5S/c1-6-13-32(29,30)26-19-10-7-9-18(14-19)24(28)31-15-22(27)25-23-20(16(2)3)11-8-12-21(23)17(4)5/h7-12,14,16-17,26H,6,13,15H2,1-5H3,(H,25,27). The maximum Gasteiger partial charge on any atom is 0.338 e. The summed E-state index contributed by atoms with van der Waals surface area (Å²) < 4.78 is 31.5. The molecule has 0 spiro atoms. The first kappa shape index (κ1) is 25.4. The molecule has 0 fully saturated rings. The number of esters is 1. The summed E-state index contributed by atoms with van der Waals surface area (Å²) in [5.74, 6) is -0.736. The predicted octanol–water partition coefficient (Wildman–Crippen LogP) is 4.88. The third-order valence-corrected chi connectivity index (χ3v) is 6.31. The van der Waals surface area contributed by atoms with Gasteiger partial charge in [0.2, 0.25) is 10.0 Å². The summed E-state index contributed by atoms with van der Waals surface area (Å²) >= 11 is 0. The molecule has 0 heterocycles. The molecule has 2 rings (SSSR count). The van der Waals surface area contributed by atoms with Crippen LogP contribution in [0.1, 0.15) is 74.4 Å². The van der Waals surface area contributed by atoms with Gasteiger partial charge in [0.1, 0.15) is 0 Å². The molecule has 1 amide bonds. The molecule has 2 N–H and O–H groups in total. The second-order valence-electron chi connectivity index (χ2n) is 8.25. The maximum absolute atomic E-state index is 12.5. The highest BCUT2D eigenvalue weighted by molar-refractivity contribution is 7.92. The van der Waals surface area contributed by atoms with Gasteiger partial charge in [-0.1, -0.05) is 58.9 Å². The Bertz CT molecular complexity index is 1040. The fourth-order valence-corrected chi connectivity index (χ4v) is 4.42. The van der Waals surface area contributed by atoms with Gasteiger partial charge in [-0.3, -0.25) is 9.52 Å². The van der Waals surface area contributed by atoms with Gasteiger partial charge in [0.05, 0.1) is 11.3 Å². The van der Waals surface area contributed by atoms with Gasteiger partial charge >= 0.3 is 5.97 Å². The van der Waals surface area contributed by atoms with Crippen LogP contribution in [-0.2, 0) is 19.6 Å². The van der Waals surface area contributed by atoms with E-state index in [4.69, 9.17) is 4.74 Å². The number of para-hydroxylation sites is 1. The normalized spacial score (nSPS) is 11.5. The third-order valence-electron chi connectivity index (χ3n) is 4.82. The van der Waals surface area contributed by atoms with Crippen LogP contribution in [0.5, 0.6) is 0 Å². The summed E-state index contributed by atoms with van der Waals surface area (Å²) in [5.41, 5.74) is 3.21. The molecule has 0 saturated heterocycles. The molecule has 0 aliphatic heterocycles. The van der Waals surface area contributed by atoms with Crippen molar-refractivity contribution in [3.63, 3.8) is 0 Å². The van der Waals surface area contributed by atoms with E-state index in [9.17, 15) is 18.0 Å². The highest BCUT2D eigenvalue weighted by atomic mass is 32.2. The van der Waals surface area contributed by atoms with Gasteiger partial charge in [-0.25, -0.2) is 13.2 Å². The number of ether oxygens (including phenoxy) is 1. The van der Waals surface area contributed by atoms with Crippen molar-refractivity contribution in [3.8, 4) is 0 Å². The fourth-order valence-electron chi connectivity index (χ4n) is 3.29. The van der Waals surface area contributed by atoms with Gasteiger partial charge in [-0.2, -0.15) is 0 Å². The number of nitrogens with one attached hydrogen (secondary N) is 2. The number of carbonyl (C=O) groups is 2. The molecule has 0 aliphatic rings. The zero-order valence-corrected chi connectivity index (χ0v) is 20.1. The van der Waals surface area contributed by atoms with E-state index in [1.54, 1.807) is 19.1 Å². The number of anilines is 2. The van der Waals surface area contributed by atoms with Crippen LogP contribution >= 0.6 is 0 Å². The van der Waals surface area contributed by atoms with Gasteiger partial charge in [0.15, 0.2) is 6.61 Å². The SMILES string of the molecule is CCCS(=O)(=O)Nc1cccc(C(=O)OCC(=O)Nc2c(C(C)C)cccc2C(C)C)c1. The lowest BCUT2D eigenvalue weighted by atomic mass is 9.92. The van der Waals surface area contributed by atoms with E-state index >= 15 is 0 Å². The predicted molar refractivity (Wildman–Crippen MR) is 128 cm³/mol. The van der Waals surface area contributed by atoms with Crippen molar-refractivity contribution in [2.45, 2.75) is 52.9 Å². The van der Waals surface area contributed by atoms with Gasteiger partial charge < -0.3 is 10.1 Å². The lowest BCUT2D eigenvalue weighted by Crippen LogP contribution is -2.23. The van der Waals surface area contributed by atoms with E-state index in [2.05, 4.69) is 37.7 Å². The molecule has 0 bridgehead atoms. The first-order chi connectivity index (χ1) is 15.0. The number of hydrogen-bond donors (Lipinski definition) is 2. The minimum atomic E-state index is -3.48. The van der Waals surface area contributed by atoms with Gasteiger partial charge in [0, 0.05) is 11.4 Å². The summed E-state index contributed by atoms with van der Waals surface area (Å²) in [6.07, 6.45) is 0.477. The average molecular weight is 461 g/mol. The number of carbonyl (C=O) groups excluding carboxylic acids is 2. The lowest BCUT2D eigenvalue weighted by molar-refractivity contribution is -0.119. The number of hydrogen-bond acceptors (Lipinski definition) is 5. The summed E-state index contributed by atoms with van der Waals surface area (Å²) in [5, 5.41) is 2.90. The molecule has 174 valence electrons. The van der Waals surface area contributed by atoms with Crippen molar-refractivity contribution < 1.29 is 22.7 Å². The Hall–Kier alpha value is -2.87. The first-order valence-electron chi connectivity index (χ1n) is 10.7. The molecular formula is C24H32N2O5S. The van der Waals surface area contributed by atoms with Gasteiger partial charge in [-0.15, -0.1) is 0 Å². The van der Waals surface area contributed by atoms with E-state index in [1.165, 1.54) is 12.1 Å². The largest absolute Gasteiger partial charge is 0.452 e. The summed E-state index contributed by atoms with van der Waals surface area (Å²) in [6.45, 7) is 9.53. The van der Waals surface area contributed by atoms with Crippen LogP contribution in [0.2, 0.25) is 0 Å². The topological polar surface area (TPSA) is 102 Å². The summed E-state index contributed by atoms with van der Waals surface area (Å²) in [6, 6.07) is 11.9. The van der Waals surface area contributed by atoms with E-state index in [0.29, 0.717) is 6.42 Å². The Kier molecular flexibility index (Phi) is 8.83.